The summed E-state index contributed by atoms with van der Waals surface area (Å²) >= 11 is 1.65. The van der Waals surface area contributed by atoms with Crippen LogP contribution in [-0.4, -0.2) is 12.9 Å². The third-order valence-electron chi connectivity index (χ3n) is 3.30. The monoisotopic (exact) mass is 258 g/mol. The van der Waals surface area contributed by atoms with Gasteiger partial charge in [0.2, 0.25) is 5.78 Å². The lowest BCUT2D eigenvalue weighted by Gasteiger charge is -2.02. The Bertz CT molecular complexity index is 577. The van der Waals surface area contributed by atoms with Crippen molar-refractivity contribution in [2.45, 2.75) is 19.3 Å². The van der Waals surface area contributed by atoms with Crippen LogP contribution in [0.3, 0.4) is 0 Å². The molecule has 3 heteroatoms. The van der Waals surface area contributed by atoms with E-state index in [1.54, 1.807) is 24.5 Å². The van der Waals surface area contributed by atoms with Crippen molar-refractivity contribution in [1.82, 2.24) is 0 Å². The lowest BCUT2D eigenvalue weighted by molar-refractivity contribution is 0.104. The molecule has 0 atom stereocenters. The largest absolute Gasteiger partial charge is 0.497 e. The molecule has 2 aromatic rings. The van der Waals surface area contributed by atoms with Gasteiger partial charge in [-0.3, -0.25) is 4.79 Å². The fraction of sp³-hybridized carbons (Fsp3) is 0.267. The van der Waals surface area contributed by atoms with Crippen LogP contribution in [0, 0.1) is 0 Å². The van der Waals surface area contributed by atoms with Gasteiger partial charge in [0.25, 0.3) is 0 Å². The lowest BCUT2D eigenvalue weighted by atomic mass is 10.1. The van der Waals surface area contributed by atoms with Crippen LogP contribution in [0.25, 0.3) is 0 Å². The van der Waals surface area contributed by atoms with E-state index in [9.17, 15) is 4.79 Å². The van der Waals surface area contributed by atoms with Crippen LogP contribution < -0.4 is 4.74 Å². The van der Waals surface area contributed by atoms with Crippen LogP contribution in [0.4, 0.5) is 0 Å². The zero-order valence-corrected chi connectivity index (χ0v) is 11.0. The van der Waals surface area contributed by atoms with Gasteiger partial charge in [0.05, 0.1) is 12.0 Å². The first kappa shape index (κ1) is 11.5. The molecule has 0 aliphatic heterocycles. The smallest absolute Gasteiger partial charge is 0.203 e. The number of methoxy groups -OCH3 is 1. The van der Waals surface area contributed by atoms with Crippen LogP contribution in [0.15, 0.2) is 30.3 Å². The standard InChI is InChI=1S/C15H14O2S/c1-17-12-6-2-5-11(8-12)15(16)14-9-10-4-3-7-13(10)18-14/h2,5-6,8-9H,3-4,7H2,1H3. The maximum absolute atomic E-state index is 12.4. The Morgan fingerprint density at radius 3 is 2.94 bits per heavy atom. The van der Waals surface area contributed by atoms with Crippen molar-refractivity contribution in [2.24, 2.45) is 0 Å². The van der Waals surface area contributed by atoms with Crippen LogP contribution in [0.5, 0.6) is 5.75 Å². The van der Waals surface area contributed by atoms with Gasteiger partial charge in [0, 0.05) is 10.4 Å². The Morgan fingerprint density at radius 2 is 2.17 bits per heavy atom. The van der Waals surface area contributed by atoms with E-state index in [1.165, 1.54) is 16.9 Å². The SMILES string of the molecule is COc1cccc(C(=O)c2cc3c(s2)CCC3)c1. The van der Waals surface area contributed by atoms with E-state index < -0.39 is 0 Å². The summed E-state index contributed by atoms with van der Waals surface area (Å²) in [7, 11) is 1.61. The topological polar surface area (TPSA) is 26.3 Å². The molecule has 0 spiro atoms. The highest BCUT2D eigenvalue weighted by Crippen LogP contribution is 2.32. The second-order valence-electron chi connectivity index (χ2n) is 4.47. The number of carbonyl (C=O) groups is 1. The van der Waals surface area contributed by atoms with Gasteiger partial charge >= 0.3 is 0 Å². The van der Waals surface area contributed by atoms with E-state index >= 15 is 0 Å². The number of benzene rings is 1. The highest BCUT2D eigenvalue weighted by atomic mass is 32.1. The highest BCUT2D eigenvalue weighted by molar-refractivity contribution is 7.14. The fourth-order valence-corrected chi connectivity index (χ4v) is 3.56. The molecule has 92 valence electrons. The van der Waals surface area contributed by atoms with Crippen molar-refractivity contribution in [3.8, 4) is 5.75 Å². The molecule has 3 rings (SSSR count). The number of ketones is 1. The molecular formula is C15H14O2S. The van der Waals surface area contributed by atoms with Crippen LogP contribution in [-0.2, 0) is 12.8 Å². The minimum atomic E-state index is 0.105. The van der Waals surface area contributed by atoms with E-state index in [0.29, 0.717) is 5.56 Å². The zero-order valence-electron chi connectivity index (χ0n) is 10.2. The lowest BCUT2D eigenvalue weighted by Crippen LogP contribution is -1.99. The van der Waals surface area contributed by atoms with E-state index in [2.05, 4.69) is 6.07 Å². The summed E-state index contributed by atoms with van der Waals surface area (Å²) in [5.74, 6) is 0.832. The molecule has 1 aromatic carbocycles. The Labute approximate surface area is 110 Å². The minimum absolute atomic E-state index is 0.105. The molecule has 2 nitrogen and oxygen atoms in total. The van der Waals surface area contributed by atoms with Gasteiger partial charge in [-0.15, -0.1) is 11.3 Å². The summed E-state index contributed by atoms with van der Waals surface area (Å²) in [6.07, 6.45) is 3.48. The second kappa shape index (κ2) is 4.58. The number of ether oxygens (including phenoxy) is 1. The molecule has 1 aliphatic rings. The average Bonchev–Trinajstić information content (AvgIpc) is 2.98. The van der Waals surface area contributed by atoms with Crippen LogP contribution in [0.2, 0.25) is 0 Å². The van der Waals surface area contributed by atoms with Gasteiger partial charge in [0.15, 0.2) is 0 Å². The molecule has 18 heavy (non-hydrogen) atoms. The molecule has 0 saturated carbocycles. The van der Waals surface area contributed by atoms with E-state index in [4.69, 9.17) is 4.74 Å². The first-order valence-electron chi connectivity index (χ1n) is 6.08. The molecule has 0 unspecified atom stereocenters. The maximum Gasteiger partial charge on any atom is 0.203 e. The summed E-state index contributed by atoms with van der Waals surface area (Å²) < 4.78 is 5.15. The van der Waals surface area contributed by atoms with Gasteiger partial charge in [-0.2, -0.15) is 0 Å². The summed E-state index contributed by atoms with van der Waals surface area (Å²) in [5, 5.41) is 0. The number of carbonyl (C=O) groups excluding carboxylic acids is 1. The third kappa shape index (κ3) is 1.95. The van der Waals surface area contributed by atoms with E-state index in [-0.39, 0.29) is 5.78 Å². The normalized spacial score (nSPS) is 13.4. The molecule has 0 N–H and O–H groups in total. The minimum Gasteiger partial charge on any atom is -0.497 e. The molecule has 0 radical (unpaired) electrons. The van der Waals surface area contributed by atoms with Gasteiger partial charge in [-0.1, -0.05) is 12.1 Å². The molecule has 0 bridgehead atoms. The van der Waals surface area contributed by atoms with Crippen molar-refractivity contribution in [1.29, 1.82) is 0 Å². The number of fused-ring (bicyclic) bond motifs is 1. The highest BCUT2D eigenvalue weighted by Gasteiger charge is 2.19. The molecular weight excluding hydrogens is 244 g/mol. The van der Waals surface area contributed by atoms with Crippen molar-refractivity contribution in [3.63, 3.8) is 0 Å². The third-order valence-corrected chi connectivity index (χ3v) is 4.54. The Morgan fingerprint density at radius 1 is 1.28 bits per heavy atom. The second-order valence-corrected chi connectivity index (χ2v) is 5.61. The van der Waals surface area contributed by atoms with E-state index in [0.717, 1.165) is 23.5 Å². The van der Waals surface area contributed by atoms with Crippen molar-refractivity contribution < 1.29 is 9.53 Å². The molecule has 0 amide bonds. The number of hydrogen-bond acceptors (Lipinski definition) is 3. The van der Waals surface area contributed by atoms with Crippen LogP contribution >= 0.6 is 11.3 Å². The number of hydrogen-bond donors (Lipinski definition) is 0. The Kier molecular flexibility index (Phi) is 2.92. The van der Waals surface area contributed by atoms with Gasteiger partial charge in [-0.25, -0.2) is 0 Å². The molecule has 1 aromatic heterocycles. The Balaban J connectivity index is 1.93. The number of rotatable bonds is 3. The van der Waals surface area contributed by atoms with Crippen molar-refractivity contribution in [3.05, 3.63) is 51.2 Å². The van der Waals surface area contributed by atoms with Gasteiger partial charge in [0.1, 0.15) is 5.75 Å². The maximum atomic E-state index is 12.4. The number of aryl methyl sites for hydroxylation is 2. The summed E-state index contributed by atoms with van der Waals surface area (Å²) in [6.45, 7) is 0. The van der Waals surface area contributed by atoms with Gasteiger partial charge < -0.3 is 4.74 Å². The molecule has 0 fully saturated rings. The number of thiophene rings is 1. The average molecular weight is 258 g/mol. The Hall–Kier alpha value is -1.61. The fourth-order valence-electron chi connectivity index (χ4n) is 2.35. The summed E-state index contributed by atoms with van der Waals surface area (Å²) in [5.41, 5.74) is 2.07. The first-order valence-corrected chi connectivity index (χ1v) is 6.90. The zero-order chi connectivity index (χ0) is 12.5. The molecule has 1 aliphatic carbocycles. The molecule has 0 saturated heterocycles. The predicted molar refractivity (Wildman–Crippen MR) is 72.8 cm³/mol. The van der Waals surface area contributed by atoms with Crippen LogP contribution in [0.1, 0.15) is 32.1 Å². The quantitative estimate of drug-likeness (QED) is 0.788. The van der Waals surface area contributed by atoms with Gasteiger partial charge in [-0.05, 0) is 43.0 Å². The van der Waals surface area contributed by atoms with Crippen molar-refractivity contribution >= 4 is 17.1 Å². The van der Waals surface area contributed by atoms with E-state index in [1.807, 2.05) is 18.2 Å². The first-order chi connectivity index (χ1) is 8.78. The summed E-state index contributed by atoms with van der Waals surface area (Å²) in [6, 6.07) is 9.41. The molecule has 1 heterocycles. The predicted octanol–water partition coefficient (Wildman–Crippen LogP) is 3.48. The van der Waals surface area contributed by atoms with Crippen molar-refractivity contribution in [2.75, 3.05) is 7.11 Å². The summed E-state index contributed by atoms with van der Waals surface area (Å²) in [4.78, 5) is 14.6.